The summed E-state index contributed by atoms with van der Waals surface area (Å²) in [5.74, 6) is -2.93. The van der Waals surface area contributed by atoms with Gasteiger partial charge in [0.2, 0.25) is 0 Å². The Bertz CT molecular complexity index is 1260. The molecule has 0 spiro atoms. The van der Waals surface area contributed by atoms with E-state index in [9.17, 15) is 23.1 Å². The van der Waals surface area contributed by atoms with E-state index in [2.05, 4.69) is 17.9 Å². The van der Waals surface area contributed by atoms with Gasteiger partial charge in [0.1, 0.15) is 29.9 Å². The smallest absolute Gasteiger partial charge is 0.397 e. The van der Waals surface area contributed by atoms with Crippen LogP contribution in [0.1, 0.15) is 40.4 Å². The van der Waals surface area contributed by atoms with Crippen molar-refractivity contribution in [3.8, 4) is 5.75 Å². The number of para-hydroxylation sites is 1. The molecule has 5 rings (SSSR count). The van der Waals surface area contributed by atoms with Gasteiger partial charge in [-0.3, -0.25) is 0 Å². The maximum atomic E-state index is 13.6. The molecule has 0 bridgehead atoms. The predicted octanol–water partition coefficient (Wildman–Crippen LogP) is 4.39. The van der Waals surface area contributed by atoms with Gasteiger partial charge in [-0.2, -0.15) is 13.2 Å². The van der Waals surface area contributed by atoms with Gasteiger partial charge in [-0.25, -0.2) is 9.86 Å². The molecule has 3 saturated heterocycles. The normalized spacial score (nSPS) is 21.2. The van der Waals surface area contributed by atoms with Gasteiger partial charge in [0.15, 0.2) is 0 Å². The molecule has 0 aromatic heterocycles. The summed E-state index contributed by atoms with van der Waals surface area (Å²) < 4.78 is 61.6. The highest BCUT2D eigenvalue weighted by molar-refractivity contribution is 5.93. The van der Waals surface area contributed by atoms with E-state index < -0.39 is 31.3 Å². The lowest BCUT2D eigenvalue weighted by Gasteiger charge is -2.33. The molecule has 2 aromatic carbocycles. The number of hydrogen-bond acceptors (Lipinski definition) is 9. The molecular formula is C31H39F3N2O7. The third-order valence-electron chi connectivity index (χ3n) is 7.71. The van der Waals surface area contributed by atoms with Gasteiger partial charge < -0.3 is 33.8 Å². The van der Waals surface area contributed by atoms with Crippen LogP contribution in [0, 0.1) is 19.8 Å². The molecule has 3 heterocycles. The van der Waals surface area contributed by atoms with Crippen LogP contribution >= 0.6 is 0 Å². The SMILES string of the molecule is CCCc1cc(C)c(N(CC2CO2)OC(=O)c2ccccc2OCC(CO)C(F)(F)F)c(C)c1N(CC1CO1)CC1CO1. The quantitative estimate of drug-likeness (QED) is 0.220. The van der Waals surface area contributed by atoms with Crippen molar-refractivity contribution >= 4 is 17.3 Å². The Morgan fingerprint density at radius 1 is 1.02 bits per heavy atom. The van der Waals surface area contributed by atoms with Gasteiger partial charge in [0.05, 0.1) is 50.9 Å². The highest BCUT2D eigenvalue weighted by Gasteiger charge is 2.40. The molecule has 43 heavy (non-hydrogen) atoms. The average molecular weight is 609 g/mol. The van der Waals surface area contributed by atoms with Gasteiger partial charge in [0, 0.05) is 18.8 Å². The molecule has 0 aliphatic carbocycles. The van der Waals surface area contributed by atoms with Crippen molar-refractivity contribution in [1.82, 2.24) is 0 Å². The Kier molecular flexibility index (Phi) is 9.70. The molecular weight excluding hydrogens is 569 g/mol. The third-order valence-corrected chi connectivity index (χ3v) is 7.71. The Balaban J connectivity index is 1.45. The number of hydrogen-bond donors (Lipinski definition) is 1. The fourth-order valence-electron chi connectivity index (χ4n) is 5.31. The number of aliphatic hydroxyl groups is 1. The van der Waals surface area contributed by atoms with Crippen LogP contribution in [0.3, 0.4) is 0 Å². The predicted molar refractivity (Wildman–Crippen MR) is 153 cm³/mol. The fraction of sp³-hybridized carbons (Fsp3) is 0.581. The lowest BCUT2D eigenvalue weighted by atomic mass is 9.96. The number of carbonyl (C=O) groups is 1. The lowest BCUT2D eigenvalue weighted by Crippen LogP contribution is -2.35. The number of halogens is 3. The molecule has 4 atom stereocenters. The van der Waals surface area contributed by atoms with Crippen LogP contribution in [0.25, 0.3) is 0 Å². The molecule has 9 nitrogen and oxygen atoms in total. The van der Waals surface area contributed by atoms with E-state index in [1.165, 1.54) is 22.8 Å². The number of benzene rings is 2. The van der Waals surface area contributed by atoms with Crippen molar-refractivity contribution in [1.29, 1.82) is 0 Å². The molecule has 2 aromatic rings. The van der Waals surface area contributed by atoms with Gasteiger partial charge in [-0.1, -0.05) is 31.5 Å². The number of aliphatic hydroxyl groups excluding tert-OH is 1. The molecule has 1 N–H and O–H groups in total. The second kappa shape index (κ2) is 13.3. The third kappa shape index (κ3) is 8.11. The second-order valence-electron chi connectivity index (χ2n) is 11.4. The summed E-state index contributed by atoms with van der Waals surface area (Å²) in [5, 5.41) is 10.7. The largest absolute Gasteiger partial charge is 0.492 e. The number of ether oxygens (including phenoxy) is 4. The zero-order chi connectivity index (χ0) is 30.7. The monoisotopic (exact) mass is 608 g/mol. The summed E-state index contributed by atoms with van der Waals surface area (Å²) in [7, 11) is 0. The number of aryl methyl sites for hydroxylation is 2. The molecule has 4 unspecified atom stereocenters. The summed E-state index contributed by atoms with van der Waals surface area (Å²) in [4.78, 5) is 21.9. The first-order chi connectivity index (χ1) is 20.6. The molecule has 0 radical (unpaired) electrons. The first kappa shape index (κ1) is 31.4. The van der Waals surface area contributed by atoms with E-state index in [1.54, 1.807) is 12.1 Å². The number of epoxide rings is 3. The maximum absolute atomic E-state index is 13.6. The van der Waals surface area contributed by atoms with Crippen LogP contribution in [0.2, 0.25) is 0 Å². The van der Waals surface area contributed by atoms with Gasteiger partial charge in [-0.15, -0.1) is 0 Å². The molecule has 3 aliphatic heterocycles. The van der Waals surface area contributed by atoms with Crippen LogP contribution in [-0.4, -0.2) is 88.2 Å². The highest BCUT2D eigenvalue weighted by atomic mass is 19.4. The summed E-state index contributed by atoms with van der Waals surface area (Å²) in [6, 6.07) is 8.11. The Labute approximate surface area is 249 Å². The topological polar surface area (TPSA) is 99.8 Å². The van der Waals surface area contributed by atoms with Crippen LogP contribution < -0.4 is 14.7 Å². The van der Waals surface area contributed by atoms with E-state index in [1.807, 2.05) is 13.8 Å². The molecule has 3 fully saturated rings. The Morgan fingerprint density at radius 3 is 2.19 bits per heavy atom. The molecule has 236 valence electrons. The van der Waals surface area contributed by atoms with Gasteiger partial charge in [0.25, 0.3) is 0 Å². The standard InChI is InChI=1S/C31H39F3N2O7/c1-4-7-21-10-19(2)28(20(3)29(21)35(11-23-16-39-23)12-24-17-40-24)36(13-25-18-41-25)43-30(38)26-8-5-6-9-27(26)42-15-22(14-37)31(32,33)34/h5-6,8-10,22-25,37H,4,7,11-18H2,1-3H3. The minimum atomic E-state index is -4.65. The number of nitrogens with zero attached hydrogens (tertiary/aromatic N) is 2. The zero-order valence-electron chi connectivity index (χ0n) is 24.7. The van der Waals surface area contributed by atoms with Crippen molar-refractivity contribution < 1.29 is 46.9 Å². The summed E-state index contributed by atoms with van der Waals surface area (Å²) >= 11 is 0. The number of anilines is 2. The van der Waals surface area contributed by atoms with E-state index in [4.69, 9.17) is 23.8 Å². The van der Waals surface area contributed by atoms with Crippen molar-refractivity contribution in [3.63, 3.8) is 0 Å². The summed E-state index contributed by atoms with van der Waals surface area (Å²) in [5.41, 5.74) is 4.82. The number of hydroxylamine groups is 1. The molecule has 0 amide bonds. The number of rotatable bonds is 16. The summed E-state index contributed by atoms with van der Waals surface area (Å²) in [6.45, 7) is 7.85. The molecule has 3 aliphatic rings. The first-order valence-corrected chi connectivity index (χ1v) is 14.7. The highest BCUT2D eigenvalue weighted by Crippen LogP contribution is 2.39. The minimum absolute atomic E-state index is 0.0281. The number of carbonyl (C=O) groups excluding carboxylic acids is 1. The van der Waals surface area contributed by atoms with E-state index in [0.29, 0.717) is 6.61 Å². The Hall–Kier alpha value is -3.06. The van der Waals surface area contributed by atoms with Crippen LogP contribution in [-0.2, 0) is 25.5 Å². The molecule has 0 saturated carbocycles. The average Bonchev–Trinajstić information content (AvgIpc) is 3.78. The second-order valence-corrected chi connectivity index (χ2v) is 11.4. The van der Waals surface area contributed by atoms with E-state index >= 15 is 0 Å². The van der Waals surface area contributed by atoms with Crippen LogP contribution in [0.4, 0.5) is 24.5 Å². The minimum Gasteiger partial charge on any atom is -0.492 e. The van der Waals surface area contributed by atoms with Crippen molar-refractivity contribution in [2.45, 2.75) is 58.1 Å². The number of alkyl halides is 3. The first-order valence-electron chi connectivity index (χ1n) is 14.7. The Morgan fingerprint density at radius 2 is 1.63 bits per heavy atom. The summed E-state index contributed by atoms with van der Waals surface area (Å²) in [6.07, 6.45) is -2.64. The fourth-order valence-corrected chi connectivity index (χ4v) is 5.31. The van der Waals surface area contributed by atoms with Gasteiger partial charge in [-0.05, 0) is 49.1 Å². The lowest BCUT2D eigenvalue weighted by molar-refractivity contribution is -0.190. The van der Waals surface area contributed by atoms with E-state index in [-0.39, 0.29) is 36.2 Å². The van der Waals surface area contributed by atoms with Crippen LogP contribution in [0.15, 0.2) is 30.3 Å². The van der Waals surface area contributed by atoms with Crippen molar-refractivity contribution in [2.75, 3.05) is 62.6 Å². The van der Waals surface area contributed by atoms with E-state index in [0.717, 1.165) is 61.6 Å². The zero-order valence-corrected chi connectivity index (χ0v) is 24.7. The van der Waals surface area contributed by atoms with Crippen molar-refractivity contribution in [2.24, 2.45) is 5.92 Å². The maximum Gasteiger partial charge on any atom is 0.397 e. The van der Waals surface area contributed by atoms with Crippen molar-refractivity contribution in [3.05, 3.63) is 52.6 Å². The van der Waals surface area contributed by atoms with Gasteiger partial charge >= 0.3 is 12.1 Å². The molecule has 12 heteroatoms. The van der Waals surface area contributed by atoms with Crippen LogP contribution in [0.5, 0.6) is 5.75 Å².